The predicted octanol–water partition coefficient (Wildman–Crippen LogP) is 2.22. The van der Waals surface area contributed by atoms with E-state index in [-0.39, 0.29) is 5.41 Å². The van der Waals surface area contributed by atoms with Gasteiger partial charge >= 0.3 is 0 Å². The van der Waals surface area contributed by atoms with Gasteiger partial charge in [0.05, 0.1) is 0 Å². The van der Waals surface area contributed by atoms with Gasteiger partial charge in [-0.25, -0.2) is 4.57 Å². The average molecular weight is 176 g/mol. The lowest BCUT2D eigenvalue weighted by Crippen LogP contribution is -2.34. The molecule has 0 saturated carbocycles. The molecule has 0 aromatic carbocycles. The third-order valence-electron chi connectivity index (χ3n) is 2.82. The summed E-state index contributed by atoms with van der Waals surface area (Å²) in [5.74, 6) is 0. The molecule has 1 aliphatic heterocycles. The van der Waals surface area contributed by atoms with Crippen LogP contribution in [-0.4, -0.2) is 0 Å². The maximum Gasteiger partial charge on any atom is 0.181 e. The summed E-state index contributed by atoms with van der Waals surface area (Å²) in [4.78, 5) is 0. The van der Waals surface area contributed by atoms with E-state index in [9.17, 15) is 0 Å². The van der Waals surface area contributed by atoms with E-state index >= 15 is 0 Å². The first-order chi connectivity index (χ1) is 6.07. The molecule has 1 nitrogen and oxygen atoms in total. The zero-order valence-corrected chi connectivity index (χ0v) is 8.80. The van der Waals surface area contributed by atoms with Crippen molar-refractivity contribution in [2.24, 2.45) is 0 Å². The van der Waals surface area contributed by atoms with Crippen molar-refractivity contribution >= 4 is 0 Å². The smallest absolute Gasteiger partial charge is 0.181 e. The lowest BCUT2D eigenvalue weighted by Gasteiger charge is -2.16. The highest BCUT2D eigenvalue weighted by Gasteiger charge is 2.22. The van der Waals surface area contributed by atoms with Gasteiger partial charge in [0.1, 0.15) is 6.54 Å². The monoisotopic (exact) mass is 176 g/mol. The van der Waals surface area contributed by atoms with Crippen molar-refractivity contribution in [1.82, 2.24) is 0 Å². The molecule has 1 aromatic rings. The SMILES string of the molecule is CC(C)(C)c1ccc2[n+](c1)CCC2. The van der Waals surface area contributed by atoms with Crippen LogP contribution in [0.3, 0.4) is 0 Å². The van der Waals surface area contributed by atoms with Crippen LogP contribution in [0.1, 0.15) is 38.4 Å². The number of fused-ring (bicyclic) bond motifs is 1. The summed E-state index contributed by atoms with van der Waals surface area (Å²) in [6, 6.07) is 4.56. The second-order valence-corrected chi connectivity index (χ2v) is 4.96. The van der Waals surface area contributed by atoms with Crippen LogP contribution in [0.15, 0.2) is 18.3 Å². The molecular weight excluding hydrogens is 158 g/mol. The van der Waals surface area contributed by atoms with E-state index in [2.05, 4.69) is 43.7 Å². The Balaban J connectivity index is 2.42. The molecule has 0 saturated heterocycles. The lowest BCUT2D eigenvalue weighted by molar-refractivity contribution is -0.691. The van der Waals surface area contributed by atoms with E-state index in [4.69, 9.17) is 0 Å². The Kier molecular flexibility index (Phi) is 1.90. The molecule has 1 aliphatic rings. The molecule has 0 atom stereocenters. The lowest BCUT2D eigenvalue weighted by atomic mass is 9.88. The van der Waals surface area contributed by atoms with Crippen molar-refractivity contribution < 1.29 is 4.57 Å². The molecule has 0 bridgehead atoms. The first-order valence-corrected chi connectivity index (χ1v) is 5.10. The first-order valence-electron chi connectivity index (χ1n) is 5.10. The Morgan fingerprint density at radius 1 is 1.23 bits per heavy atom. The second kappa shape index (κ2) is 2.83. The summed E-state index contributed by atoms with van der Waals surface area (Å²) in [5.41, 5.74) is 3.22. The predicted molar refractivity (Wildman–Crippen MR) is 53.7 cm³/mol. The van der Waals surface area contributed by atoms with Crippen LogP contribution >= 0.6 is 0 Å². The van der Waals surface area contributed by atoms with Crippen molar-refractivity contribution in [2.45, 2.75) is 45.6 Å². The molecule has 1 aromatic heterocycles. The van der Waals surface area contributed by atoms with E-state index in [1.165, 1.54) is 30.6 Å². The van der Waals surface area contributed by atoms with Crippen LogP contribution in [0.2, 0.25) is 0 Å². The first kappa shape index (κ1) is 8.74. The van der Waals surface area contributed by atoms with Crippen LogP contribution in [0.4, 0.5) is 0 Å². The molecular formula is C12H18N+. The molecule has 2 heterocycles. The summed E-state index contributed by atoms with van der Waals surface area (Å²) in [5, 5.41) is 0. The van der Waals surface area contributed by atoms with Crippen LogP contribution in [0.5, 0.6) is 0 Å². The highest BCUT2D eigenvalue weighted by atomic mass is 15.0. The summed E-state index contributed by atoms with van der Waals surface area (Å²) < 4.78 is 2.40. The molecule has 0 aliphatic carbocycles. The van der Waals surface area contributed by atoms with Crippen LogP contribution in [0.25, 0.3) is 0 Å². The van der Waals surface area contributed by atoms with Crippen molar-refractivity contribution in [1.29, 1.82) is 0 Å². The number of aromatic nitrogens is 1. The zero-order valence-electron chi connectivity index (χ0n) is 8.80. The van der Waals surface area contributed by atoms with Gasteiger partial charge in [-0.15, -0.1) is 0 Å². The van der Waals surface area contributed by atoms with E-state index in [0.717, 1.165) is 0 Å². The quantitative estimate of drug-likeness (QED) is 0.534. The van der Waals surface area contributed by atoms with Crippen LogP contribution in [-0.2, 0) is 18.4 Å². The van der Waals surface area contributed by atoms with Gasteiger partial charge < -0.3 is 0 Å². The zero-order chi connectivity index (χ0) is 9.47. The van der Waals surface area contributed by atoms with Crippen molar-refractivity contribution in [3.05, 3.63) is 29.6 Å². The van der Waals surface area contributed by atoms with E-state index in [1.807, 2.05) is 0 Å². The fourth-order valence-electron chi connectivity index (χ4n) is 1.88. The summed E-state index contributed by atoms with van der Waals surface area (Å²) in [7, 11) is 0. The number of hydrogen-bond acceptors (Lipinski definition) is 0. The molecule has 0 N–H and O–H groups in total. The maximum absolute atomic E-state index is 2.40. The molecule has 0 radical (unpaired) electrons. The summed E-state index contributed by atoms with van der Waals surface area (Å²) in [6.07, 6.45) is 4.89. The molecule has 0 amide bonds. The number of rotatable bonds is 0. The van der Waals surface area contributed by atoms with Gasteiger partial charge in [0.15, 0.2) is 11.9 Å². The largest absolute Gasteiger partial charge is 0.202 e. The minimum atomic E-state index is 0.282. The second-order valence-electron chi connectivity index (χ2n) is 4.96. The van der Waals surface area contributed by atoms with Crippen LogP contribution < -0.4 is 4.57 Å². The Labute approximate surface area is 80.4 Å². The van der Waals surface area contributed by atoms with Gasteiger partial charge in [-0.3, -0.25) is 0 Å². The number of aryl methyl sites for hydroxylation is 2. The number of nitrogens with zero attached hydrogens (tertiary/aromatic N) is 1. The fraction of sp³-hybridized carbons (Fsp3) is 0.583. The highest BCUT2D eigenvalue weighted by molar-refractivity contribution is 5.18. The molecule has 70 valence electrons. The average Bonchev–Trinajstić information content (AvgIpc) is 2.47. The fourth-order valence-corrected chi connectivity index (χ4v) is 1.88. The van der Waals surface area contributed by atoms with Gasteiger partial charge in [-0.2, -0.15) is 0 Å². The molecule has 0 unspecified atom stereocenters. The molecule has 0 fully saturated rings. The summed E-state index contributed by atoms with van der Waals surface area (Å²) >= 11 is 0. The highest BCUT2D eigenvalue weighted by Crippen LogP contribution is 2.21. The standard InChI is InChI=1S/C12H18N/c1-12(2,3)10-6-7-11-5-4-8-13(11)9-10/h6-7,9H,4-5,8H2,1-3H3/q+1. The molecule has 2 rings (SSSR count). The van der Waals surface area contributed by atoms with Crippen molar-refractivity contribution in [3.63, 3.8) is 0 Å². The Bertz CT molecular complexity index is 320. The number of hydrogen-bond donors (Lipinski definition) is 0. The molecule has 0 spiro atoms. The van der Waals surface area contributed by atoms with Gasteiger partial charge in [-0.1, -0.05) is 20.8 Å². The van der Waals surface area contributed by atoms with Crippen molar-refractivity contribution in [3.8, 4) is 0 Å². The molecule has 1 heteroatoms. The van der Waals surface area contributed by atoms with Crippen LogP contribution in [0, 0.1) is 0 Å². The van der Waals surface area contributed by atoms with Gasteiger partial charge in [0.2, 0.25) is 0 Å². The van der Waals surface area contributed by atoms with Gasteiger partial charge in [0.25, 0.3) is 0 Å². The minimum absolute atomic E-state index is 0.282. The third-order valence-corrected chi connectivity index (χ3v) is 2.82. The minimum Gasteiger partial charge on any atom is -0.202 e. The normalized spacial score (nSPS) is 15.9. The topological polar surface area (TPSA) is 3.88 Å². The van der Waals surface area contributed by atoms with E-state index in [1.54, 1.807) is 0 Å². The summed E-state index contributed by atoms with van der Waals surface area (Å²) in [6.45, 7) is 8.01. The Hall–Kier alpha value is -0.850. The van der Waals surface area contributed by atoms with Crippen molar-refractivity contribution in [2.75, 3.05) is 0 Å². The van der Waals surface area contributed by atoms with E-state index in [0.29, 0.717) is 0 Å². The molecule has 13 heavy (non-hydrogen) atoms. The Morgan fingerprint density at radius 2 is 2.00 bits per heavy atom. The van der Waals surface area contributed by atoms with Gasteiger partial charge in [-0.05, 0) is 11.5 Å². The maximum atomic E-state index is 2.40. The number of pyridine rings is 1. The third kappa shape index (κ3) is 1.60. The van der Waals surface area contributed by atoms with Gasteiger partial charge in [0, 0.05) is 24.5 Å². The Morgan fingerprint density at radius 3 is 2.69 bits per heavy atom. The van der Waals surface area contributed by atoms with E-state index < -0.39 is 0 Å².